The average Bonchev–Trinajstić information content (AvgIpc) is 3.05. The lowest BCUT2D eigenvalue weighted by atomic mass is 10.1. The minimum atomic E-state index is 0.0184. The van der Waals surface area contributed by atoms with Crippen molar-refractivity contribution in [1.82, 2.24) is 24.8 Å². The van der Waals surface area contributed by atoms with E-state index in [0.29, 0.717) is 18.3 Å². The van der Waals surface area contributed by atoms with Gasteiger partial charge >= 0.3 is 0 Å². The van der Waals surface area contributed by atoms with Crippen molar-refractivity contribution in [2.75, 3.05) is 19.8 Å². The summed E-state index contributed by atoms with van der Waals surface area (Å²) in [5, 5.41) is 8.39. The first-order valence-corrected chi connectivity index (χ1v) is 7.30. The maximum absolute atomic E-state index is 5.59. The van der Waals surface area contributed by atoms with E-state index >= 15 is 0 Å². The summed E-state index contributed by atoms with van der Waals surface area (Å²) in [5.74, 6) is 1.29. The first-order chi connectivity index (χ1) is 10.2. The SMILES string of the molecule is CCc1nn(C)cc1CN1CCOC[C@H]1c1nc(C)no1. The summed E-state index contributed by atoms with van der Waals surface area (Å²) >= 11 is 0. The van der Waals surface area contributed by atoms with E-state index < -0.39 is 0 Å². The van der Waals surface area contributed by atoms with Crippen LogP contribution in [0.15, 0.2) is 10.7 Å². The van der Waals surface area contributed by atoms with Gasteiger partial charge < -0.3 is 9.26 Å². The topological polar surface area (TPSA) is 69.2 Å². The summed E-state index contributed by atoms with van der Waals surface area (Å²) in [6.07, 6.45) is 3.02. The zero-order chi connectivity index (χ0) is 14.8. The summed E-state index contributed by atoms with van der Waals surface area (Å²) < 4.78 is 12.8. The van der Waals surface area contributed by atoms with E-state index in [1.54, 1.807) is 0 Å². The highest BCUT2D eigenvalue weighted by Gasteiger charge is 2.30. The zero-order valence-corrected chi connectivity index (χ0v) is 12.7. The van der Waals surface area contributed by atoms with Gasteiger partial charge in [-0.15, -0.1) is 0 Å². The molecular weight excluding hydrogens is 270 g/mol. The number of rotatable bonds is 4. The smallest absolute Gasteiger partial charge is 0.246 e. The molecule has 0 bridgehead atoms. The monoisotopic (exact) mass is 291 g/mol. The van der Waals surface area contributed by atoms with Crippen molar-refractivity contribution in [2.45, 2.75) is 32.9 Å². The van der Waals surface area contributed by atoms with Gasteiger partial charge in [-0.1, -0.05) is 12.1 Å². The van der Waals surface area contributed by atoms with Gasteiger partial charge in [-0.2, -0.15) is 10.1 Å². The molecule has 1 fully saturated rings. The lowest BCUT2D eigenvalue weighted by molar-refractivity contribution is -0.0242. The van der Waals surface area contributed by atoms with Crippen molar-refractivity contribution in [2.24, 2.45) is 7.05 Å². The maximum atomic E-state index is 5.59. The summed E-state index contributed by atoms with van der Waals surface area (Å²) in [7, 11) is 1.96. The van der Waals surface area contributed by atoms with Crippen LogP contribution in [0.1, 0.15) is 35.9 Å². The van der Waals surface area contributed by atoms with Crippen molar-refractivity contribution in [1.29, 1.82) is 0 Å². The standard InChI is InChI=1S/C14H21N5O2/c1-4-12-11(7-18(3)16-12)8-19-5-6-20-9-13(19)14-15-10(2)17-21-14/h7,13H,4-6,8-9H2,1-3H3/t13-/m0/s1. The second kappa shape index (κ2) is 5.95. The van der Waals surface area contributed by atoms with E-state index in [2.05, 4.69) is 33.3 Å². The number of hydrogen-bond donors (Lipinski definition) is 0. The predicted molar refractivity (Wildman–Crippen MR) is 75.6 cm³/mol. The Kier molecular flexibility index (Phi) is 4.03. The van der Waals surface area contributed by atoms with E-state index in [0.717, 1.165) is 31.8 Å². The molecule has 2 aromatic rings. The second-order valence-electron chi connectivity index (χ2n) is 5.37. The molecule has 114 valence electrons. The molecule has 1 atom stereocenters. The van der Waals surface area contributed by atoms with Crippen LogP contribution in [0.3, 0.4) is 0 Å². The Labute approximate surface area is 123 Å². The number of aryl methyl sites for hydroxylation is 3. The van der Waals surface area contributed by atoms with Gasteiger partial charge in [0, 0.05) is 31.9 Å². The fourth-order valence-electron chi connectivity index (χ4n) is 2.74. The molecule has 3 heterocycles. The van der Waals surface area contributed by atoms with Gasteiger partial charge in [0.05, 0.1) is 18.9 Å². The van der Waals surface area contributed by atoms with Crippen molar-refractivity contribution < 1.29 is 9.26 Å². The third-order valence-electron chi connectivity index (χ3n) is 3.77. The molecule has 0 spiro atoms. The molecular formula is C14H21N5O2. The van der Waals surface area contributed by atoms with Crippen molar-refractivity contribution in [3.63, 3.8) is 0 Å². The van der Waals surface area contributed by atoms with Crippen LogP contribution in [0.25, 0.3) is 0 Å². The van der Waals surface area contributed by atoms with Crippen LogP contribution < -0.4 is 0 Å². The third-order valence-corrected chi connectivity index (χ3v) is 3.77. The Hall–Kier alpha value is -1.73. The molecule has 7 nitrogen and oxygen atoms in total. The molecule has 0 amide bonds. The number of aromatic nitrogens is 4. The Bertz CT molecular complexity index is 606. The molecule has 0 aromatic carbocycles. The highest BCUT2D eigenvalue weighted by Crippen LogP contribution is 2.25. The fraction of sp³-hybridized carbons (Fsp3) is 0.643. The third kappa shape index (κ3) is 2.98. The van der Waals surface area contributed by atoms with Crippen LogP contribution in [0, 0.1) is 6.92 Å². The maximum Gasteiger partial charge on any atom is 0.246 e. The Morgan fingerprint density at radius 3 is 3.00 bits per heavy atom. The van der Waals surface area contributed by atoms with Gasteiger partial charge in [-0.05, 0) is 13.3 Å². The van der Waals surface area contributed by atoms with Gasteiger partial charge in [-0.3, -0.25) is 9.58 Å². The molecule has 7 heteroatoms. The van der Waals surface area contributed by atoms with E-state index in [1.807, 2.05) is 18.7 Å². The summed E-state index contributed by atoms with van der Waals surface area (Å²) in [6.45, 7) is 6.95. The molecule has 0 aliphatic carbocycles. The molecule has 1 saturated heterocycles. The lowest BCUT2D eigenvalue weighted by Gasteiger charge is -2.33. The van der Waals surface area contributed by atoms with E-state index in [9.17, 15) is 0 Å². The average molecular weight is 291 g/mol. The van der Waals surface area contributed by atoms with Gasteiger partial charge in [0.1, 0.15) is 6.04 Å². The molecule has 0 saturated carbocycles. The molecule has 3 rings (SSSR count). The van der Waals surface area contributed by atoms with Gasteiger partial charge in [0.25, 0.3) is 0 Å². The highest BCUT2D eigenvalue weighted by molar-refractivity contribution is 5.17. The Balaban J connectivity index is 1.81. The number of nitrogens with zero attached hydrogens (tertiary/aromatic N) is 5. The van der Waals surface area contributed by atoms with E-state index in [-0.39, 0.29) is 6.04 Å². The minimum Gasteiger partial charge on any atom is -0.378 e. The number of ether oxygens (including phenoxy) is 1. The van der Waals surface area contributed by atoms with Gasteiger partial charge in [0.2, 0.25) is 5.89 Å². The second-order valence-corrected chi connectivity index (χ2v) is 5.37. The number of morpholine rings is 1. The normalized spacial score (nSPS) is 20.0. The first kappa shape index (κ1) is 14.2. The largest absolute Gasteiger partial charge is 0.378 e. The molecule has 1 aliphatic rings. The first-order valence-electron chi connectivity index (χ1n) is 7.30. The van der Waals surface area contributed by atoms with Crippen LogP contribution in [-0.4, -0.2) is 44.6 Å². The predicted octanol–water partition coefficient (Wildman–Crippen LogP) is 1.25. The molecule has 0 radical (unpaired) electrons. The molecule has 1 aliphatic heterocycles. The molecule has 21 heavy (non-hydrogen) atoms. The summed E-state index contributed by atoms with van der Waals surface area (Å²) in [6, 6.07) is 0.0184. The van der Waals surface area contributed by atoms with Crippen LogP contribution in [0.2, 0.25) is 0 Å². The Morgan fingerprint density at radius 2 is 2.29 bits per heavy atom. The summed E-state index contributed by atoms with van der Waals surface area (Å²) in [4.78, 5) is 6.68. The Morgan fingerprint density at radius 1 is 1.43 bits per heavy atom. The highest BCUT2D eigenvalue weighted by atomic mass is 16.5. The molecule has 0 N–H and O–H groups in total. The van der Waals surface area contributed by atoms with Crippen LogP contribution in [0.5, 0.6) is 0 Å². The van der Waals surface area contributed by atoms with Crippen molar-refractivity contribution >= 4 is 0 Å². The molecule has 0 unspecified atom stereocenters. The van der Waals surface area contributed by atoms with Crippen molar-refractivity contribution in [3.8, 4) is 0 Å². The fourth-order valence-corrected chi connectivity index (χ4v) is 2.74. The minimum absolute atomic E-state index is 0.0184. The van der Waals surface area contributed by atoms with E-state index in [4.69, 9.17) is 9.26 Å². The number of hydrogen-bond acceptors (Lipinski definition) is 6. The lowest BCUT2D eigenvalue weighted by Crippen LogP contribution is -2.39. The van der Waals surface area contributed by atoms with Crippen LogP contribution in [0.4, 0.5) is 0 Å². The van der Waals surface area contributed by atoms with Crippen LogP contribution >= 0.6 is 0 Å². The van der Waals surface area contributed by atoms with Gasteiger partial charge in [-0.25, -0.2) is 0 Å². The van der Waals surface area contributed by atoms with Crippen LogP contribution in [-0.2, 0) is 24.8 Å². The zero-order valence-electron chi connectivity index (χ0n) is 12.7. The van der Waals surface area contributed by atoms with Gasteiger partial charge in [0.15, 0.2) is 5.82 Å². The quantitative estimate of drug-likeness (QED) is 0.844. The van der Waals surface area contributed by atoms with E-state index in [1.165, 1.54) is 5.56 Å². The summed E-state index contributed by atoms with van der Waals surface area (Å²) in [5.41, 5.74) is 2.40. The molecule has 2 aromatic heterocycles. The van der Waals surface area contributed by atoms with Crippen molar-refractivity contribution in [3.05, 3.63) is 29.2 Å².